The molecule has 2 nitrogen and oxygen atoms in total. The first-order chi connectivity index (χ1) is 8.49. The molecule has 1 unspecified atom stereocenters. The third-order valence-corrected chi connectivity index (χ3v) is 4.64. The van der Waals surface area contributed by atoms with Crippen molar-refractivity contribution in [2.45, 2.75) is 13.0 Å². The van der Waals surface area contributed by atoms with Crippen LogP contribution >= 0.6 is 27.3 Å². The molecule has 0 saturated heterocycles. The first-order valence-corrected chi connectivity index (χ1v) is 7.14. The summed E-state index contributed by atoms with van der Waals surface area (Å²) in [5, 5.41) is 12.1. The Kier molecular flexibility index (Phi) is 4.10. The summed E-state index contributed by atoms with van der Waals surface area (Å²) in [6.07, 6.45) is 1.12. The summed E-state index contributed by atoms with van der Waals surface area (Å²) in [6.45, 7) is 5.84. The summed E-state index contributed by atoms with van der Waals surface area (Å²) in [4.78, 5) is 0.887. The Bertz CT molecular complexity index is 565. The second-order valence-electron chi connectivity index (χ2n) is 4.13. The van der Waals surface area contributed by atoms with Crippen molar-refractivity contribution in [3.8, 4) is 0 Å². The van der Waals surface area contributed by atoms with Crippen molar-refractivity contribution >= 4 is 33.0 Å². The molecule has 0 saturated carbocycles. The van der Waals surface area contributed by atoms with Crippen LogP contribution in [0.25, 0.3) is 0 Å². The van der Waals surface area contributed by atoms with Gasteiger partial charge in [0.15, 0.2) is 0 Å². The van der Waals surface area contributed by atoms with E-state index in [-0.39, 0.29) is 0 Å². The molecule has 1 atom stereocenters. The van der Waals surface area contributed by atoms with Crippen LogP contribution in [0.4, 0.5) is 5.69 Å². The predicted molar refractivity (Wildman–Crippen MR) is 80.4 cm³/mol. The van der Waals surface area contributed by atoms with Gasteiger partial charge in [-0.1, -0.05) is 12.1 Å². The zero-order chi connectivity index (χ0) is 13.3. The Morgan fingerprint density at radius 3 is 2.83 bits per heavy atom. The van der Waals surface area contributed by atoms with E-state index in [2.05, 4.69) is 22.9 Å². The van der Waals surface area contributed by atoms with E-state index in [0.717, 1.165) is 26.0 Å². The van der Waals surface area contributed by atoms with Gasteiger partial charge in [-0.3, -0.25) is 0 Å². The molecule has 0 amide bonds. The molecule has 0 aliphatic rings. The number of hydrogen-bond acceptors (Lipinski definition) is 3. The summed E-state index contributed by atoms with van der Waals surface area (Å²) in [7, 11) is 0. The number of halogens is 1. The maximum atomic E-state index is 10.1. The number of aliphatic hydroxyl groups excluding tert-OH is 1. The van der Waals surface area contributed by atoms with E-state index in [9.17, 15) is 5.11 Å². The van der Waals surface area contributed by atoms with Crippen LogP contribution < -0.4 is 5.73 Å². The molecule has 1 aromatic carbocycles. The summed E-state index contributed by atoms with van der Waals surface area (Å²) in [6, 6.07) is 5.70. The fourth-order valence-electron chi connectivity index (χ4n) is 1.68. The molecule has 18 heavy (non-hydrogen) atoms. The van der Waals surface area contributed by atoms with E-state index in [1.165, 1.54) is 11.3 Å². The lowest BCUT2D eigenvalue weighted by Crippen LogP contribution is -2.03. The number of benzene rings is 1. The van der Waals surface area contributed by atoms with Gasteiger partial charge in [-0.05, 0) is 52.5 Å². The fourth-order valence-corrected chi connectivity index (χ4v) is 3.07. The number of aliphatic hydroxyl groups is 1. The van der Waals surface area contributed by atoms with Gasteiger partial charge in [0.2, 0.25) is 0 Å². The summed E-state index contributed by atoms with van der Waals surface area (Å²) < 4.78 is 0.979. The number of hydrogen-bond donors (Lipinski definition) is 2. The molecular formula is C14H14BrNOS. The number of nitrogen functional groups attached to an aromatic ring is 1. The number of rotatable bonds is 3. The Morgan fingerprint density at radius 2 is 2.22 bits per heavy atom. The van der Waals surface area contributed by atoms with Crippen LogP contribution in [0.5, 0.6) is 0 Å². The SMILES string of the molecule is [CH2]c1ccc([CH]C(O)c2cc(Br)cs2)c(N)c1C. The van der Waals surface area contributed by atoms with Crippen LogP contribution in [0.1, 0.15) is 27.7 Å². The smallest absolute Gasteiger partial charge is 0.0958 e. The largest absolute Gasteiger partial charge is 0.398 e. The predicted octanol–water partition coefficient (Wildman–Crippen LogP) is 3.87. The highest BCUT2D eigenvalue weighted by Crippen LogP contribution is 2.31. The summed E-state index contributed by atoms with van der Waals surface area (Å²) in [5.74, 6) is 0. The van der Waals surface area contributed by atoms with Gasteiger partial charge >= 0.3 is 0 Å². The highest BCUT2D eigenvalue weighted by Gasteiger charge is 2.14. The molecule has 4 heteroatoms. The van der Waals surface area contributed by atoms with E-state index >= 15 is 0 Å². The van der Waals surface area contributed by atoms with Gasteiger partial charge in [0.05, 0.1) is 6.10 Å². The van der Waals surface area contributed by atoms with Crippen molar-refractivity contribution in [2.75, 3.05) is 5.73 Å². The number of thiophene rings is 1. The van der Waals surface area contributed by atoms with Crippen molar-refractivity contribution in [2.24, 2.45) is 0 Å². The number of nitrogens with two attached hydrogens (primary N) is 1. The second-order valence-corrected chi connectivity index (χ2v) is 5.99. The molecule has 0 fully saturated rings. The zero-order valence-corrected chi connectivity index (χ0v) is 12.4. The minimum atomic E-state index is -0.640. The van der Waals surface area contributed by atoms with Crippen LogP contribution in [-0.4, -0.2) is 5.11 Å². The van der Waals surface area contributed by atoms with E-state index in [1.807, 2.05) is 30.5 Å². The molecular weight excluding hydrogens is 310 g/mol. The average Bonchev–Trinajstić information content (AvgIpc) is 2.77. The maximum Gasteiger partial charge on any atom is 0.0958 e. The first-order valence-electron chi connectivity index (χ1n) is 5.47. The highest BCUT2D eigenvalue weighted by molar-refractivity contribution is 9.10. The van der Waals surface area contributed by atoms with Gasteiger partial charge < -0.3 is 10.8 Å². The molecule has 0 aliphatic heterocycles. The molecule has 0 spiro atoms. The Labute approximate surface area is 120 Å². The molecule has 3 N–H and O–H groups in total. The van der Waals surface area contributed by atoms with Gasteiger partial charge in [0.25, 0.3) is 0 Å². The van der Waals surface area contributed by atoms with Crippen LogP contribution in [0.3, 0.4) is 0 Å². The van der Waals surface area contributed by atoms with Crippen molar-refractivity contribution in [3.63, 3.8) is 0 Å². The summed E-state index contributed by atoms with van der Waals surface area (Å²) in [5.41, 5.74) is 9.43. The molecule has 2 rings (SSSR count). The van der Waals surface area contributed by atoms with Crippen LogP contribution in [0.15, 0.2) is 28.1 Å². The Balaban J connectivity index is 2.22. The third-order valence-electron chi connectivity index (χ3n) is 2.88. The standard InChI is InChI=1S/C14H14BrNOS/c1-8-3-4-10(14(16)9(8)2)5-12(17)13-6-11(15)7-18-13/h3-7,12,17H,1,16H2,2H3. The minimum Gasteiger partial charge on any atom is -0.398 e. The maximum absolute atomic E-state index is 10.1. The second kappa shape index (κ2) is 5.43. The molecule has 2 aromatic rings. The quantitative estimate of drug-likeness (QED) is 0.842. The summed E-state index contributed by atoms with van der Waals surface area (Å²) >= 11 is 4.88. The van der Waals surface area contributed by atoms with Gasteiger partial charge in [0.1, 0.15) is 0 Å². The van der Waals surface area contributed by atoms with Crippen LogP contribution in [0.2, 0.25) is 0 Å². The van der Waals surface area contributed by atoms with Gasteiger partial charge in [0, 0.05) is 26.8 Å². The molecule has 1 aromatic heterocycles. The monoisotopic (exact) mass is 323 g/mol. The van der Waals surface area contributed by atoms with E-state index in [1.54, 1.807) is 6.42 Å². The van der Waals surface area contributed by atoms with Crippen molar-refractivity contribution in [1.29, 1.82) is 0 Å². The fraction of sp³-hybridized carbons (Fsp3) is 0.143. The molecule has 1 heterocycles. The average molecular weight is 324 g/mol. The topological polar surface area (TPSA) is 46.2 Å². The Morgan fingerprint density at radius 1 is 1.50 bits per heavy atom. The normalized spacial score (nSPS) is 12.7. The van der Waals surface area contributed by atoms with Gasteiger partial charge in [-0.2, -0.15) is 0 Å². The van der Waals surface area contributed by atoms with Crippen molar-refractivity contribution in [1.82, 2.24) is 0 Å². The van der Waals surface area contributed by atoms with E-state index in [0.29, 0.717) is 5.69 Å². The number of anilines is 1. The lowest BCUT2D eigenvalue weighted by atomic mass is 9.99. The lowest BCUT2D eigenvalue weighted by Gasteiger charge is -2.13. The van der Waals surface area contributed by atoms with E-state index < -0.39 is 6.10 Å². The third kappa shape index (κ3) is 2.76. The Hall–Kier alpha value is -0.840. The first kappa shape index (κ1) is 13.6. The van der Waals surface area contributed by atoms with Crippen LogP contribution in [0, 0.1) is 20.3 Å². The van der Waals surface area contributed by atoms with Gasteiger partial charge in [-0.25, -0.2) is 0 Å². The van der Waals surface area contributed by atoms with Gasteiger partial charge in [-0.15, -0.1) is 11.3 Å². The molecule has 94 valence electrons. The lowest BCUT2D eigenvalue weighted by molar-refractivity contribution is 0.219. The van der Waals surface area contributed by atoms with Crippen molar-refractivity contribution in [3.05, 3.63) is 63.0 Å². The molecule has 2 radical (unpaired) electrons. The minimum absolute atomic E-state index is 0.640. The zero-order valence-electron chi connectivity index (χ0n) is 9.98. The molecule has 0 aliphatic carbocycles. The molecule has 0 bridgehead atoms. The van der Waals surface area contributed by atoms with E-state index in [4.69, 9.17) is 5.73 Å². The van der Waals surface area contributed by atoms with Crippen molar-refractivity contribution < 1.29 is 5.11 Å². The highest BCUT2D eigenvalue weighted by atomic mass is 79.9. The van der Waals surface area contributed by atoms with Crippen LogP contribution in [-0.2, 0) is 0 Å².